The number of benzene rings is 7. The summed E-state index contributed by atoms with van der Waals surface area (Å²) < 4.78 is 0. The van der Waals surface area contributed by atoms with Gasteiger partial charge in [0.05, 0.1) is 34.1 Å². The normalized spacial score (nSPS) is 14.6. The molecule has 7 aromatic carbocycles. The average Bonchev–Trinajstić information content (AvgIpc) is 3.24. The van der Waals surface area contributed by atoms with Gasteiger partial charge in [0.2, 0.25) is 0 Å². The molecule has 10 rings (SSSR count). The third-order valence-corrected chi connectivity index (χ3v) is 11.8. The van der Waals surface area contributed by atoms with Gasteiger partial charge in [-0.25, -0.2) is 9.97 Å². The Bertz CT molecular complexity index is 2490. The fourth-order valence-corrected chi connectivity index (χ4v) is 8.96. The molecule has 0 N–H and O–H groups in total. The van der Waals surface area contributed by atoms with Crippen molar-refractivity contribution in [3.63, 3.8) is 0 Å². The second-order valence-electron chi connectivity index (χ2n) is 15.9. The lowest BCUT2D eigenvalue weighted by Crippen LogP contribution is -2.31. The zero-order valence-corrected chi connectivity index (χ0v) is 32.1. The Hall–Kier alpha value is -6.78. The zero-order chi connectivity index (χ0) is 38.0. The van der Waals surface area contributed by atoms with Gasteiger partial charge in [-0.1, -0.05) is 161 Å². The highest BCUT2D eigenvalue weighted by molar-refractivity contribution is 5.93. The van der Waals surface area contributed by atoms with Crippen LogP contribution in [0.15, 0.2) is 182 Å². The number of para-hydroxylation sites is 4. The van der Waals surface area contributed by atoms with Gasteiger partial charge < -0.3 is 9.80 Å². The highest BCUT2D eigenvalue weighted by atomic mass is 15.2. The molecule has 0 radical (unpaired) electrons. The van der Waals surface area contributed by atoms with Crippen molar-refractivity contribution in [1.29, 1.82) is 0 Å². The minimum atomic E-state index is -0.178. The largest absolute Gasteiger partial charge is 0.310 e. The number of hydrogen-bond acceptors (Lipinski definition) is 4. The Morgan fingerprint density at radius 2 is 0.679 bits per heavy atom. The molecule has 8 aromatic rings. The molecule has 4 heteroatoms. The van der Waals surface area contributed by atoms with E-state index in [4.69, 9.17) is 9.97 Å². The van der Waals surface area contributed by atoms with Gasteiger partial charge in [-0.3, -0.25) is 0 Å². The van der Waals surface area contributed by atoms with E-state index in [0.717, 1.165) is 39.5 Å². The first-order chi connectivity index (χ1) is 27.3. The Morgan fingerprint density at radius 3 is 1.09 bits per heavy atom. The predicted molar refractivity (Wildman–Crippen MR) is 232 cm³/mol. The summed E-state index contributed by atoms with van der Waals surface area (Å²) in [6, 6.07) is 65.3. The van der Waals surface area contributed by atoms with Crippen molar-refractivity contribution in [3.8, 4) is 33.9 Å². The van der Waals surface area contributed by atoms with Crippen LogP contribution >= 0.6 is 0 Å². The average molecular weight is 723 g/mol. The van der Waals surface area contributed by atoms with Gasteiger partial charge in [0.15, 0.2) is 5.82 Å². The van der Waals surface area contributed by atoms with E-state index in [9.17, 15) is 0 Å². The van der Waals surface area contributed by atoms with Crippen LogP contribution in [-0.2, 0) is 10.8 Å². The number of nitrogens with zero attached hydrogens (tertiary/aromatic N) is 4. The number of hydrogen-bond donors (Lipinski definition) is 0. The predicted octanol–water partition coefficient (Wildman–Crippen LogP) is 13.7. The fraction of sp³-hybridized carbons (Fsp3) is 0.115. The maximum atomic E-state index is 5.35. The molecule has 1 aromatic heterocycles. The lowest BCUT2D eigenvalue weighted by Gasteiger charge is -2.43. The third-order valence-electron chi connectivity index (χ3n) is 11.8. The molecular formula is C52H42N4. The Labute approximate surface area is 329 Å². The van der Waals surface area contributed by atoms with Crippen LogP contribution in [0.1, 0.15) is 49.9 Å². The summed E-state index contributed by atoms with van der Waals surface area (Å²) in [5, 5.41) is 0. The van der Waals surface area contributed by atoms with Crippen molar-refractivity contribution in [1.82, 2.24) is 9.97 Å². The van der Waals surface area contributed by atoms with Crippen LogP contribution in [-0.4, -0.2) is 9.97 Å². The van der Waals surface area contributed by atoms with Crippen molar-refractivity contribution >= 4 is 34.1 Å². The van der Waals surface area contributed by atoms with E-state index in [2.05, 4.69) is 195 Å². The molecule has 0 bridgehead atoms. The minimum absolute atomic E-state index is 0.178. The number of rotatable bonds is 5. The summed E-state index contributed by atoms with van der Waals surface area (Å²) in [6.45, 7) is 9.35. The molecule has 2 aliphatic rings. The molecule has 0 fully saturated rings. The number of aromatic nitrogens is 2. The SMILES string of the molecule is CC1(C)c2ccccc2N(c2cc(-c3cc(-c4ccccc4)nc(-c4ccccc4)n3)cc(N3c4ccccc4C(C)(C)c4ccccc43)c2)c2ccccc21. The summed E-state index contributed by atoms with van der Waals surface area (Å²) in [5.41, 5.74) is 16.4. The smallest absolute Gasteiger partial charge is 0.160 e. The standard InChI is InChI=1S/C52H42N4/c1-51(2)40-23-11-15-27-46(40)55(47-28-16-12-24-41(47)51)38-31-37(45-34-44(35-19-7-5-8-20-35)53-50(54-45)36-21-9-6-10-22-36)32-39(33-38)56-48-29-17-13-25-42(48)52(3,4)43-26-14-18-30-49(43)56/h5-34H,1-4H3. The first-order valence-electron chi connectivity index (χ1n) is 19.4. The molecule has 0 atom stereocenters. The van der Waals surface area contributed by atoms with E-state index in [0.29, 0.717) is 5.82 Å². The molecule has 0 aliphatic carbocycles. The zero-order valence-electron chi connectivity index (χ0n) is 32.1. The first-order valence-corrected chi connectivity index (χ1v) is 19.4. The Balaban J connectivity index is 1.28. The van der Waals surface area contributed by atoms with Gasteiger partial charge in [0, 0.05) is 38.9 Å². The first kappa shape index (κ1) is 33.8. The molecule has 2 aliphatic heterocycles. The van der Waals surface area contributed by atoms with Crippen molar-refractivity contribution in [2.45, 2.75) is 38.5 Å². The maximum Gasteiger partial charge on any atom is 0.160 e. The van der Waals surface area contributed by atoms with Crippen molar-refractivity contribution in [3.05, 3.63) is 204 Å². The number of fused-ring (bicyclic) bond motifs is 4. The van der Waals surface area contributed by atoms with Gasteiger partial charge in [0.25, 0.3) is 0 Å². The summed E-state index contributed by atoms with van der Waals surface area (Å²) >= 11 is 0. The summed E-state index contributed by atoms with van der Waals surface area (Å²) in [5.74, 6) is 0.694. The van der Waals surface area contributed by atoms with Gasteiger partial charge >= 0.3 is 0 Å². The topological polar surface area (TPSA) is 32.3 Å². The highest BCUT2D eigenvalue weighted by Gasteiger charge is 2.39. The van der Waals surface area contributed by atoms with E-state index in [1.54, 1.807) is 0 Å². The van der Waals surface area contributed by atoms with Crippen LogP contribution in [0, 0.1) is 0 Å². The molecule has 56 heavy (non-hydrogen) atoms. The second kappa shape index (κ2) is 12.9. The van der Waals surface area contributed by atoms with E-state index in [1.165, 1.54) is 45.0 Å². The Kier molecular flexibility index (Phi) is 7.79. The van der Waals surface area contributed by atoms with E-state index in [1.807, 2.05) is 24.3 Å². The van der Waals surface area contributed by atoms with Gasteiger partial charge in [-0.2, -0.15) is 0 Å². The van der Waals surface area contributed by atoms with E-state index < -0.39 is 0 Å². The highest BCUT2D eigenvalue weighted by Crippen LogP contribution is 2.55. The van der Waals surface area contributed by atoms with Crippen LogP contribution in [0.25, 0.3) is 33.9 Å². The summed E-state index contributed by atoms with van der Waals surface area (Å²) in [7, 11) is 0. The van der Waals surface area contributed by atoms with Gasteiger partial charge in [-0.15, -0.1) is 0 Å². The molecule has 0 spiro atoms. The van der Waals surface area contributed by atoms with E-state index >= 15 is 0 Å². The van der Waals surface area contributed by atoms with Crippen molar-refractivity contribution in [2.75, 3.05) is 9.80 Å². The van der Waals surface area contributed by atoms with Crippen molar-refractivity contribution < 1.29 is 0 Å². The summed E-state index contributed by atoms with van der Waals surface area (Å²) in [4.78, 5) is 15.4. The summed E-state index contributed by atoms with van der Waals surface area (Å²) in [6.07, 6.45) is 0. The molecule has 4 nitrogen and oxygen atoms in total. The van der Waals surface area contributed by atoms with Crippen molar-refractivity contribution in [2.24, 2.45) is 0 Å². The van der Waals surface area contributed by atoms with Crippen LogP contribution in [0.4, 0.5) is 34.1 Å². The van der Waals surface area contributed by atoms with E-state index in [-0.39, 0.29) is 10.8 Å². The lowest BCUT2D eigenvalue weighted by atomic mass is 9.73. The number of anilines is 6. The third kappa shape index (κ3) is 5.36. The minimum Gasteiger partial charge on any atom is -0.310 e. The van der Waals surface area contributed by atoms with Crippen LogP contribution in [0.5, 0.6) is 0 Å². The molecule has 0 unspecified atom stereocenters. The second-order valence-corrected chi connectivity index (χ2v) is 15.9. The van der Waals surface area contributed by atoms with Crippen LogP contribution in [0.2, 0.25) is 0 Å². The fourth-order valence-electron chi connectivity index (χ4n) is 8.96. The van der Waals surface area contributed by atoms with Crippen LogP contribution in [0.3, 0.4) is 0 Å². The maximum absolute atomic E-state index is 5.35. The molecule has 270 valence electrons. The quantitative estimate of drug-likeness (QED) is 0.177. The molecule has 0 saturated heterocycles. The van der Waals surface area contributed by atoms with Crippen LogP contribution < -0.4 is 9.80 Å². The monoisotopic (exact) mass is 722 g/mol. The molecule has 3 heterocycles. The molecule has 0 saturated carbocycles. The van der Waals surface area contributed by atoms with Gasteiger partial charge in [0.1, 0.15) is 0 Å². The Morgan fingerprint density at radius 1 is 0.339 bits per heavy atom. The molecule has 0 amide bonds. The molecular weight excluding hydrogens is 681 g/mol. The lowest BCUT2D eigenvalue weighted by molar-refractivity contribution is 0.631. The van der Waals surface area contributed by atoms with Gasteiger partial charge in [-0.05, 0) is 70.8 Å².